The smallest absolute Gasteiger partial charge is 0.134 e. The maximum Gasteiger partial charge on any atom is 0.134 e. The fraction of sp³-hybridized carbons (Fsp3) is 0.733. The van der Waals surface area contributed by atoms with Crippen molar-refractivity contribution in [3.63, 3.8) is 0 Å². The maximum atomic E-state index is 4.72. The van der Waals surface area contributed by atoms with E-state index in [0.29, 0.717) is 5.92 Å². The first-order valence-corrected chi connectivity index (χ1v) is 7.18. The maximum absolute atomic E-state index is 4.72. The van der Waals surface area contributed by atoms with Crippen LogP contribution in [0.2, 0.25) is 0 Å². The zero-order valence-electron chi connectivity index (χ0n) is 12.1. The molecular formula is C15H25N3. The van der Waals surface area contributed by atoms with Crippen LogP contribution < -0.4 is 5.32 Å². The SMILES string of the molecule is CCC1CCCC(c2nc(C)c(C)c(NC)n2)C1. The molecule has 0 aliphatic heterocycles. The average Bonchev–Trinajstić information content (AvgIpc) is 2.41. The largest absolute Gasteiger partial charge is 0.373 e. The molecule has 0 radical (unpaired) electrons. The van der Waals surface area contributed by atoms with Gasteiger partial charge in [0.1, 0.15) is 11.6 Å². The minimum absolute atomic E-state index is 0.565. The van der Waals surface area contributed by atoms with Crippen LogP contribution in [0, 0.1) is 19.8 Å². The number of aryl methyl sites for hydroxylation is 1. The van der Waals surface area contributed by atoms with Crippen LogP contribution >= 0.6 is 0 Å². The van der Waals surface area contributed by atoms with Crippen molar-refractivity contribution in [2.24, 2.45) is 5.92 Å². The summed E-state index contributed by atoms with van der Waals surface area (Å²) < 4.78 is 0. The number of nitrogens with one attached hydrogen (secondary N) is 1. The fourth-order valence-corrected chi connectivity index (χ4v) is 2.97. The Balaban J connectivity index is 2.24. The topological polar surface area (TPSA) is 37.8 Å². The third-order valence-corrected chi connectivity index (χ3v) is 4.37. The average molecular weight is 247 g/mol. The van der Waals surface area contributed by atoms with E-state index < -0.39 is 0 Å². The lowest BCUT2D eigenvalue weighted by Crippen LogP contribution is -2.17. The van der Waals surface area contributed by atoms with Crippen LogP contribution in [0.1, 0.15) is 62.0 Å². The second-order valence-corrected chi connectivity index (χ2v) is 5.53. The van der Waals surface area contributed by atoms with Crippen LogP contribution in [0.25, 0.3) is 0 Å². The number of hydrogen-bond acceptors (Lipinski definition) is 3. The molecule has 3 nitrogen and oxygen atoms in total. The van der Waals surface area contributed by atoms with Gasteiger partial charge >= 0.3 is 0 Å². The Kier molecular flexibility index (Phi) is 4.20. The summed E-state index contributed by atoms with van der Waals surface area (Å²) in [6, 6.07) is 0. The molecule has 0 spiro atoms. The summed E-state index contributed by atoms with van der Waals surface area (Å²) >= 11 is 0. The molecule has 1 aliphatic rings. The Labute approximate surface area is 110 Å². The van der Waals surface area contributed by atoms with Gasteiger partial charge in [-0.2, -0.15) is 0 Å². The molecule has 2 atom stereocenters. The van der Waals surface area contributed by atoms with Crippen LogP contribution in [-0.2, 0) is 0 Å². The van der Waals surface area contributed by atoms with Gasteiger partial charge in [0.25, 0.3) is 0 Å². The van der Waals surface area contributed by atoms with Crippen molar-refractivity contribution in [1.29, 1.82) is 0 Å². The third kappa shape index (κ3) is 2.65. The standard InChI is InChI=1S/C15H25N3/c1-5-12-7-6-8-13(9-12)15-17-11(3)10(2)14(16-4)18-15/h12-13H,5-9H2,1-4H3,(H,16,17,18). The first-order chi connectivity index (χ1) is 8.65. The molecule has 2 rings (SSSR count). The monoisotopic (exact) mass is 247 g/mol. The van der Waals surface area contributed by atoms with Gasteiger partial charge in [-0.3, -0.25) is 0 Å². The molecule has 1 N–H and O–H groups in total. The molecule has 18 heavy (non-hydrogen) atoms. The number of nitrogens with zero attached hydrogens (tertiary/aromatic N) is 2. The molecule has 0 aromatic carbocycles. The third-order valence-electron chi connectivity index (χ3n) is 4.37. The molecule has 2 unspecified atom stereocenters. The lowest BCUT2D eigenvalue weighted by Gasteiger charge is -2.28. The summed E-state index contributed by atoms with van der Waals surface area (Å²) in [5, 5.41) is 3.19. The summed E-state index contributed by atoms with van der Waals surface area (Å²) in [6.45, 7) is 6.47. The van der Waals surface area contributed by atoms with Gasteiger partial charge in [0.05, 0.1) is 0 Å². The van der Waals surface area contributed by atoms with Crippen molar-refractivity contribution < 1.29 is 0 Å². The van der Waals surface area contributed by atoms with E-state index in [0.717, 1.165) is 23.3 Å². The van der Waals surface area contributed by atoms with Gasteiger partial charge in [0.15, 0.2) is 0 Å². The second-order valence-electron chi connectivity index (χ2n) is 5.53. The van der Waals surface area contributed by atoms with Crippen LogP contribution in [0.4, 0.5) is 5.82 Å². The van der Waals surface area contributed by atoms with E-state index in [-0.39, 0.29) is 0 Å². The lowest BCUT2D eigenvalue weighted by molar-refractivity contribution is 0.307. The lowest BCUT2D eigenvalue weighted by atomic mass is 9.80. The van der Waals surface area contributed by atoms with Crippen molar-refractivity contribution in [1.82, 2.24) is 9.97 Å². The highest BCUT2D eigenvalue weighted by molar-refractivity contribution is 5.45. The van der Waals surface area contributed by atoms with E-state index in [2.05, 4.69) is 26.1 Å². The van der Waals surface area contributed by atoms with E-state index in [1.807, 2.05) is 7.05 Å². The van der Waals surface area contributed by atoms with E-state index >= 15 is 0 Å². The van der Waals surface area contributed by atoms with Gasteiger partial charge in [-0.1, -0.05) is 26.2 Å². The molecule has 1 fully saturated rings. The number of aromatic nitrogens is 2. The normalized spacial score (nSPS) is 24.0. The number of rotatable bonds is 3. The zero-order valence-corrected chi connectivity index (χ0v) is 12.1. The summed E-state index contributed by atoms with van der Waals surface area (Å²) in [7, 11) is 1.94. The van der Waals surface area contributed by atoms with Gasteiger partial charge in [0, 0.05) is 24.2 Å². The van der Waals surface area contributed by atoms with Crippen LogP contribution in [-0.4, -0.2) is 17.0 Å². The molecule has 1 aromatic heterocycles. The van der Waals surface area contributed by atoms with Crippen LogP contribution in [0.3, 0.4) is 0 Å². The van der Waals surface area contributed by atoms with Gasteiger partial charge in [-0.25, -0.2) is 9.97 Å². The predicted molar refractivity (Wildman–Crippen MR) is 76.0 cm³/mol. The summed E-state index contributed by atoms with van der Waals surface area (Å²) in [5.41, 5.74) is 2.28. The van der Waals surface area contributed by atoms with Crippen LogP contribution in [0.5, 0.6) is 0 Å². The summed E-state index contributed by atoms with van der Waals surface area (Å²) in [6.07, 6.45) is 6.52. The zero-order chi connectivity index (χ0) is 13.1. The molecule has 1 heterocycles. The molecule has 1 aliphatic carbocycles. The number of hydrogen-bond donors (Lipinski definition) is 1. The summed E-state index contributed by atoms with van der Waals surface area (Å²) in [5.74, 6) is 3.49. The van der Waals surface area contributed by atoms with Gasteiger partial charge in [-0.05, 0) is 32.6 Å². The summed E-state index contributed by atoms with van der Waals surface area (Å²) in [4.78, 5) is 9.44. The molecule has 3 heteroatoms. The second kappa shape index (κ2) is 5.68. The Morgan fingerprint density at radius 1 is 1.22 bits per heavy atom. The molecule has 1 aromatic rings. The molecule has 0 bridgehead atoms. The highest BCUT2D eigenvalue weighted by Gasteiger charge is 2.25. The highest BCUT2D eigenvalue weighted by Crippen LogP contribution is 2.36. The van der Waals surface area contributed by atoms with Gasteiger partial charge in [-0.15, -0.1) is 0 Å². The Morgan fingerprint density at radius 3 is 2.67 bits per heavy atom. The Morgan fingerprint density at radius 2 is 2.00 bits per heavy atom. The van der Waals surface area contributed by atoms with E-state index in [1.165, 1.54) is 37.7 Å². The van der Waals surface area contributed by atoms with Crippen molar-refractivity contribution in [3.05, 3.63) is 17.1 Å². The minimum Gasteiger partial charge on any atom is -0.373 e. The van der Waals surface area contributed by atoms with Crippen LogP contribution in [0.15, 0.2) is 0 Å². The molecule has 1 saturated carbocycles. The molecular weight excluding hydrogens is 222 g/mol. The number of anilines is 1. The first kappa shape index (κ1) is 13.3. The van der Waals surface area contributed by atoms with E-state index in [1.54, 1.807) is 0 Å². The van der Waals surface area contributed by atoms with Crippen molar-refractivity contribution in [2.75, 3.05) is 12.4 Å². The molecule has 0 amide bonds. The van der Waals surface area contributed by atoms with Gasteiger partial charge in [0.2, 0.25) is 0 Å². The predicted octanol–water partition coefficient (Wildman–Crippen LogP) is 3.82. The quantitative estimate of drug-likeness (QED) is 0.882. The van der Waals surface area contributed by atoms with Crippen molar-refractivity contribution >= 4 is 5.82 Å². The van der Waals surface area contributed by atoms with Crippen molar-refractivity contribution in [2.45, 2.75) is 58.8 Å². The molecule has 0 saturated heterocycles. The Hall–Kier alpha value is -1.12. The first-order valence-electron chi connectivity index (χ1n) is 7.18. The molecule has 100 valence electrons. The fourth-order valence-electron chi connectivity index (χ4n) is 2.97. The van der Waals surface area contributed by atoms with Crippen molar-refractivity contribution in [3.8, 4) is 0 Å². The van der Waals surface area contributed by atoms with E-state index in [9.17, 15) is 0 Å². The van der Waals surface area contributed by atoms with Gasteiger partial charge < -0.3 is 5.32 Å². The van der Waals surface area contributed by atoms with E-state index in [4.69, 9.17) is 9.97 Å². The Bertz CT molecular complexity index is 414. The highest BCUT2D eigenvalue weighted by atomic mass is 15.0. The minimum atomic E-state index is 0.565.